The minimum absolute atomic E-state index is 0.149. The van der Waals surface area contributed by atoms with Gasteiger partial charge in [0.1, 0.15) is 17.9 Å². The van der Waals surface area contributed by atoms with Gasteiger partial charge in [0.15, 0.2) is 23.9 Å². The van der Waals surface area contributed by atoms with Crippen molar-refractivity contribution in [2.75, 3.05) is 20.8 Å². The van der Waals surface area contributed by atoms with E-state index in [2.05, 4.69) is 5.10 Å². The number of esters is 1. The molecule has 0 spiro atoms. The Kier molecular flexibility index (Phi) is 6.11. The van der Waals surface area contributed by atoms with Gasteiger partial charge in [-0.25, -0.2) is 0 Å². The van der Waals surface area contributed by atoms with Crippen molar-refractivity contribution in [1.82, 2.24) is 9.78 Å². The number of hydrogen-bond donors (Lipinski definition) is 0. The van der Waals surface area contributed by atoms with E-state index in [1.54, 1.807) is 6.07 Å². The number of carbonyl (C=O) groups excluding carboxylic acids is 2. The highest BCUT2D eigenvalue weighted by Crippen LogP contribution is 2.27. The van der Waals surface area contributed by atoms with Gasteiger partial charge in [0, 0.05) is 5.56 Å². The molecule has 10 heteroatoms. The van der Waals surface area contributed by atoms with Gasteiger partial charge in [0.25, 0.3) is 0 Å². The van der Waals surface area contributed by atoms with Crippen molar-refractivity contribution >= 4 is 17.4 Å². The minimum Gasteiger partial charge on any atom is -0.493 e. The Morgan fingerprint density at radius 3 is 2.41 bits per heavy atom. The summed E-state index contributed by atoms with van der Waals surface area (Å²) < 4.78 is 16.4. The van der Waals surface area contributed by atoms with Crippen molar-refractivity contribution in [3.8, 4) is 11.5 Å². The number of Topliss-reactive ketones (excluding diaryl/α,β-unsaturated/α-hetero) is 1. The Morgan fingerprint density at radius 1 is 1.19 bits per heavy atom. The fourth-order valence-electron chi connectivity index (χ4n) is 2.51. The molecule has 0 aliphatic rings. The summed E-state index contributed by atoms with van der Waals surface area (Å²) in [5.41, 5.74) is 0.582. The number of aryl methyl sites for hydroxylation is 1. The Hall–Kier alpha value is -3.43. The second-order valence-corrected chi connectivity index (χ2v) is 5.59. The number of nitro groups is 1. The number of rotatable bonds is 8. The predicted octanol–water partition coefficient (Wildman–Crippen LogP) is 1.85. The molecule has 27 heavy (non-hydrogen) atoms. The molecule has 0 fully saturated rings. The minimum atomic E-state index is -0.732. The molecule has 0 bridgehead atoms. The maximum absolute atomic E-state index is 12.2. The van der Waals surface area contributed by atoms with Crippen molar-refractivity contribution in [1.29, 1.82) is 0 Å². The van der Waals surface area contributed by atoms with E-state index < -0.39 is 23.3 Å². The average Bonchev–Trinajstić information content (AvgIpc) is 2.92. The highest BCUT2D eigenvalue weighted by molar-refractivity contribution is 5.98. The second kappa shape index (κ2) is 8.30. The molecule has 10 nitrogen and oxygen atoms in total. The monoisotopic (exact) mass is 377 g/mol. The van der Waals surface area contributed by atoms with Crippen LogP contribution >= 0.6 is 0 Å². The molecule has 1 aromatic heterocycles. The van der Waals surface area contributed by atoms with E-state index in [1.165, 1.54) is 44.9 Å². The van der Waals surface area contributed by atoms with Crippen molar-refractivity contribution in [2.24, 2.45) is 0 Å². The van der Waals surface area contributed by atoms with Gasteiger partial charge in [-0.1, -0.05) is 0 Å². The molecular weight excluding hydrogens is 358 g/mol. The molecule has 1 aromatic carbocycles. The third kappa shape index (κ3) is 4.40. The number of hydrogen-bond acceptors (Lipinski definition) is 8. The van der Waals surface area contributed by atoms with Crippen molar-refractivity contribution in [3.05, 3.63) is 45.3 Å². The number of methoxy groups -OCH3 is 2. The maximum Gasteiger partial charge on any atom is 0.328 e. The van der Waals surface area contributed by atoms with E-state index in [0.29, 0.717) is 17.1 Å². The van der Waals surface area contributed by atoms with Crippen molar-refractivity contribution in [2.45, 2.75) is 20.4 Å². The molecule has 2 rings (SSSR count). The molecule has 0 unspecified atom stereocenters. The van der Waals surface area contributed by atoms with Gasteiger partial charge in [0.05, 0.1) is 19.1 Å². The fraction of sp³-hybridized carbons (Fsp3) is 0.353. The third-order valence-corrected chi connectivity index (χ3v) is 3.87. The lowest BCUT2D eigenvalue weighted by molar-refractivity contribution is -0.386. The number of carbonyl (C=O) groups is 2. The van der Waals surface area contributed by atoms with Gasteiger partial charge in [-0.2, -0.15) is 5.10 Å². The van der Waals surface area contributed by atoms with Gasteiger partial charge in [-0.05, 0) is 32.0 Å². The molecule has 0 saturated heterocycles. The van der Waals surface area contributed by atoms with Crippen LogP contribution in [0.15, 0.2) is 18.2 Å². The molecule has 0 amide bonds. The molecular formula is C17H19N3O7. The molecule has 1 heterocycles. The zero-order valence-electron chi connectivity index (χ0n) is 15.3. The number of ether oxygens (including phenoxy) is 3. The van der Waals surface area contributed by atoms with Crippen LogP contribution in [-0.4, -0.2) is 47.3 Å². The first kappa shape index (κ1) is 19.9. The van der Waals surface area contributed by atoms with Crippen LogP contribution < -0.4 is 9.47 Å². The van der Waals surface area contributed by atoms with E-state index in [1.807, 2.05) is 0 Å². The lowest BCUT2D eigenvalue weighted by Crippen LogP contribution is -2.19. The number of nitrogens with zero attached hydrogens (tertiary/aromatic N) is 3. The number of aromatic nitrogens is 2. The molecule has 0 atom stereocenters. The second-order valence-electron chi connectivity index (χ2n) is 5.59. The highest BCUT2D eigenvalue weighted by atomic mass is 16.6. The Labute approximate surface area is 154 Å². The van der Waals surface area contributed by atoms with Gasteiger partial charge < -0.3 is 14.2 Å². The zero-order chi connectivity index (χ0) is 20.1. The van der Waals surface area contributed by atoms with Gasteiger partial charge >= 0.3 is 11.7 Å². The van der Waals surface area contributed by atoms with E-state index in [-0.39, 0.29) is 23.6 Å². The lowest BCUT2D eigenvalue weighted by atomic mass is 10.1. The van der Waals surface area contributed by atoms with Gasteiger partial charge in [-0.3, -0.25) is 24.4 Å². The number of benzene rings is 1. The molecule has 0 radical (unpaired) electrons. The summed E-state index contributed by atoms with van der Waals surface area (Å²) >= 11 is 0. The summed E-state index contributed by atoms with van der Waals surface area (Å²) in [6.45, 7) is 2.16. The molecule has 2 aromatic rings. The van der Waals surface area contributed by atoms with Crippen LogP contribution in [0.25, 0.3) is 0 Å². The first-order valence-electron chi connectivity index (χ1n) is 7.87. The van der Waals surface area contributed by atoms with Crippen molar-refractivity contribution in [3.63, 3.8) is 0 Å². The molecule has 0 N–H and O–H groups in total. The highest BCUT2D eigenvalue weighted by Gasteiger charge is 2.23. The predicted molar refractivity (Wildman–Crippen MR) is 93.2 cm³/mol. The summed E-state index contributed by atoms with van der Waals surface area (Å²) in [5, 5.41) is 14.9. The van der Waals surface area contributed by atoms with Crippen LogP contribution in [0, 0.1) is 24.0 Å². The van der Waals surface area contributed by atoms with E-state index >= 15 is 0 Å². The molecule has 0 aliphatic heterocycles. The third-order valence-electron chi connectivity index (χ3n) is 3.87. The van der Waals surface area contributed by atoms with E-state index in [0.717, 1.165) is 0 Å². The van der Waals surface area contributed by atoms with Gasteiger partial charge in [0.2, 0.25) is 0 Å². The van der Waals surface area contributed by atoms with Crippen molar-refractivity contribution < 1.29 is 28.7 Å². The van der Waals surface area contributed by atoms with Crippen LogP contribution in [0.4, 0.5) is 5.69 Å². The fourth-order valence-corrected chi connectivity index (χ4v) is 2.51. The largest absolute Gasteiger partial charge is 0.493 e. The van der Waals surface area contributed by atoms with Crippen LogP contribution in [0.1, 0.15) is 21.7 Å². The standard InChI is InChI=1S/C17H19N3O7/c1-10-17(20(23)24)11(2)19(18-10)8-16(22)27-9-13(21)12-5-6-14(25-3)15(7-12)26-4/h5-7H,8-9H2,1-4H3. The first-order chi connectivity index (χ1) is 12.8. The SMILES string of the molecule is COc1ccc(C(=O)COC(=O)Cn2nc(C)c([N+](=O)[O-])c2C)cc1OC. The lowest BCUT2D eigenvalue weighted by Gasteiger charge is -2.09. The summed E-state index contributed by atoms with van der Waals surface area (Å²) in [6, 6.07) is 4.59. The molecule has 0 saturated carbocycles. The zero-order valence-corrected chi connectivity index (χ0v) is 15.3. The Morgan fingerprint density at radius 2 is 1.85 bits per heavy atom. The van der Waals surface area contributed by atoms with E-state index in [4.69, 9.17) is 14.2 Å². The topological polar surface area (TPSA) is 123 Å². The van der Waals surface area contributed by atoms with Crippen LogP contribution in [0.3, 0.4) is 0 Å². The van der Waals surface area contributed by atoms with Crippen LogP contribution in [0.2, 0.25) is 0 Å². The van der Waals surface area contributed by atoms with Gasteiger partial charge in [-0.15, -0.1) is 0 Å². The van der Waals surface area contributed by atoms with E-state index in [9.17, 15) is 19.7 Å². The first-order valence-corrected chi connectivity index (χ1v) is 7.87. The molecule has 0 aliphatic carbocycles. The smallest absolute Gasteiger partial charge is 0.328 e. The summed E-state index contributed by atoms with van der Waals surface area (Å²) in [7, 11) is 2.92. The summed E-state index contributed by atoms with van der Waals surface area (Å²) in [6.07, 6.45) is 0. The normalized spacial score (nSPS) is 10.4. The maximum atomic E-state index is 12.2. The number of ketones is 1. The molecule has 144 valence electrons. The van der Waals surface area contributed by atoms with Crippen LogP contribution in [0.5, 0.6) is 11.5 Å². The quantitative estimate of drug-likeness (QED) is 0.295. The summed E-state index contributed by atoms with van der Waals surface area (Å²) in [4.78, 5) is 34.6. The van der Waals surface area contributed by atoms with Crippen LogP contribution in [-0.2, 0) is 16.1 Å². The summed E-state index contributed by atoms with van der Waals surface area (Å²) in [5.74, 6) is -0.310. The average molecular weight is 377 g/mol. The Balaban J connectivity index is 2.01. The Bertz CT molecular complexity index is 889.